The molecule has 5 heteroatoms. The van der Waals surface area contributed by atoms with E-state index in [1.54, 1.807) is 7.11 Å². The molecule has 114 valence electrons. The highest BCUT2D eigenvalue weighted by molar-refractivity contribution is 5.42. The molecule has 0 spiro atoms. The van der Waals surface area contributed by atoms with Crippen molar-refractivity contribution in [3.05, 3.63) is 41.7 Å². The molecule has 0 aliphatic heterocycles. The van der Waals surface area contributed by atoms with Gasteiger partial charge in [-0.1, -0.05) is 6.07 Å². The summed E-state index contributed by atoms with van der Waals surface area (Å²) < 4.78 is 12.7. The molecule has 1 heterocycles. The van der Waals surface area contributed by atoms with Crippen LogP contribution < -0.4 is 14.8 Å². The van der Waals surface area contributed by atoms with Gasteiger partial charge in [-0.15, -0.1) is 0 Å². The third-order valence-electron chi connectivity index (χ3n) is 3.21. The Bertz CT molecular complexity index is 566. The van der Waals surface area contributed by atoms with Crippen molar-refractivity contribution in [1.29, 1.82) is 0 Å². The maximum absolute atomic E-state index is 5.51. The highest BCUT2D eigenvalue weighted by atomic mass is 16.5. The first-order valence-electron chi connectivity index (χ1n) is 7.21. The molecule has 0 radical (unpaired) electrons. The summed E-state index contributed by atoms with van der Waals surface area (Å²) in [5.74, 6) is 1.57. The van der Waals surface area contributed by atoms with Crippen molar-refractivity contribution in [3.63, 3.8) is 0 Å². The summed E-state index contributed by atoms with van der Waals surface area (Å²) in [4.78, 5) is 0. The number of nitrogens with one attached hydrogen (secondary N) is 1. The summed E-state index contributed by atoms with van der Waals surface area (Å²) >= 11 is 0. The number of methoxy groups -OCH3 is 1. The highest BCUT2D eigenvalue weighted by Gasteiger charge is 2.05. The molecule has 2 rings (SSSR count). The average Bonchev–Trinajstić information content (AvgIpc) is 2.90. The lowest BCUT2D eigenvalue weighted by Crippen LogP contribution is -2.16. The molecule has 21 heavy (non-hydrogen) atoms. The smallest absolute Gasteiger partial charge is 0.161 e. The van der Waals surface area contributed by atoms with Crippen molar-refractivity contribution in [1.82, 2.24) is 15.1 Å². The minimum Gasteiger partial charge on any atom is -0.493 e. The Labute approximate surface area is 125 Å². The van der Waals surface area contributed by atoms with Gasteiger partial charge in [0.2, 0.25) is 0 Å². The summed E-state index contributed by atoms with van der Waals surface area (Å²) in [5, 5.41) is 7.59. The largest absolute Gasteiger partial charge is 0.493 e. The average molecular weight is 289 g/mol. The Kier molecular flexibility index (Phi) is 5.63. The third-order valence-corrected chi connectivity index (χ3v) is 3.21. The van der Waals surface area contributed by atoms with Gasteiger partial charge < -0.3 is 14.8 Å². The number of ether oxygens (including phenoxy) is 2. The Morgan fingerprint density at radius 2 is 2.10 bits per heavy atom. The van der Waals surface area contributed by atoms with E-state index >= 15 is 0 Å². The Morgan fingerprint density at radius 3 is 2.76 bits per heavy atom. The lowest BCUT2D eigenvalue weighted by atomic mass is 10.2. The first-order valence-corrected chi connectivity index (χ1v) is 7.21. The van der Waals surface area contributed by atoms with E-state index < -0.39 is 0 Å². The van der Waals surface area contributed by atoms with Crippen molar-refractivity contribution in [2.24, 2.45) is 7.05 Å². The molecule has 1 aromatic carbocycles. The van der Waals surface area contributed by atoms with Gasteiger partial charge in [-0.3, -0.25) is 4.68 Å². The fourth-order valence-electron chi connectivity index (χ4n) is 2.16. The zero-order chi connectivity index (χ0) is 15.1. The van der Waals surface area contributed by atoms with Crippen LogP contribution in [0.1, 0.15) is 18.1 Å². The van der Waals surface area contributed by atoms with Crippen molar-refractivity contribution in [3.8, 4) is 11.5 Å². The van der Waals surface area contributed by atoms with Crippen molar-refractivity contribution in [2.75, 3.05) is 20.3 Å². The fourth-order valence-corrected chi connectivity index (χ4v) is 2.16. The second-order valence-electron chi connectivity index (χ2n) is 4.87. The van der Waals surface area contributed by atoms with E-state index in [1.165, 1.54) is 11.1 Å². The summed E-state index contributed by atoms with van der Waals surface area (Å²) in [6, 6.07) is 6.03. The van der Waals surface area contributed by atoms with Gasteiger partial charge in [0, 0.05) is 19.8 Å². The minimum absolute atomic E-state index is 0.638. The SMILES string of the molecule is CCOc1ccc(CNCCc2cnn(C)c2)cc1OC. The molecule has 0 aliphatic rings. The van der Waals surface area contributed by atoms with Crippen LogP contribution in [0.15, 0.2) is 30.6 Å². The second-order valence-corrected chi connectivity index (χ2v) is 4.87. The van der Waals surface area contributed by atoms with Crippen LogP contribution >= 0.6 is 0 Å². The van der Waals surface area contributed by atoms with E-state index in [9.17, 15) is 0 Å². The predicted octanol–water partition coefficient (Wildman–Crippen LogP) is 2.16. The van der Waals surface area contributed by atoms with Crippen LogP contribution in [0.3, 0.4) is 0 Å². The quantitative estimate of drug-likeness (QED) is 0.757. The Hall–Kier alpha value is -2.01. The fraction of sp³-hybridized carbons (Fsp3) is 0.438. The van der Waals surface area contributed by atoms with Gasteiger partial charge in [-0.25, -0.2) is 0 Å². The number of benzene rings is 1. The summed E-state index contributed by atoms with van der Waals surface area (Å²) in [6.07, 6.45) is 4.92. The van der Waals surface area contributed by atoms with Crippen LogP contribution in [0.4, 0.5) is 0 Å². The molecule has 0 unspecified atom stereocenters. The van der Waals surface area contributed by atoms with Gasteiger partial charge in [-0.2, -0.15) is 5.10 Å². The normalized spacial score (nSPS) is 10.6. The number of hydrogen-bond acceptors (Lipinski definition) is 4. The lowest BCUT2D eigenvalue weighted by molar-refractivity contribution is 0.310. The topological polar surface area (TPSA) is 48.3 Å². The van der Waals surface area contributed by atoms with Crippen molar-refractivity contribution >= 4 is 0 Å². The van der Waals surface area contributed by atoms with Gasteiger partial charge in [0.25, 0.3) is 0 Å². The van der Waals surface area contributed by atoms with Crippen molar-refractivity contribution < 1.29 is 9.47 Å². The van der Waals surface area contributed by atoms with Crippen molar-refractivity contribution in [2.45, 2.75) is 19.9 Å². The molecule has 1 aromatic heterocycles. The number of rotatable bonds is 8. The van der Waals surface area contributed by atoms with E-state index in [1.807, 2.05) is 43.2 Å². The highest BCUT2D eigenvalue weighted by Crippen LogP contribution is 2.27. The number of aryl methyl sites for hydroxylation is 1. The van der Waals surface area contributed by atoms with Gasteiger partial charge in [0.1, 0.15) is 0 Å². The van der Waals surface area contributed by atoms with E-state index in [-0.39, 0.29) is 0 Å². The van der Waals surface area contributed by atoms with Crippen LogP contribution in [0, 0.1) is 0 Å². The molecule has 0 saturated carbocycles. The number of nitrogens with zero attached hydrogens (tertiary/aromatic N) is 2. The maximum Gasteiger partial charge on any atom is 0.161 e. The molecular formula is C16H23N3O2. The molecule has 0 aliphatic carbocycles. The minimum atomic E-state index is 0.638. The van der Waals surface area contributed by atoms with Crippen LogP contribution in [0.25, 0.3) is 0 Å². The summed E-state index contributed by atoms with van der Waals surface area (Å²) in [5.41, 5.74) is 2.43. The summed E-state index contributed by atoms with van der Waals surface area (Å²) in [6.45, 7) is 4.33. The van der Waals surface area contributed by atoms with Crippen LogP contribution in [-0.2, 0) is 20.0 Å². The molecule has 0 amide bonds. The van der Waals surface area contributed by atoms with E-state index in [0.29, 0.717) is 6.61 Å². The summed E-state index contributed by atoms with van der Waals surface area (Å²) in [7, 11) is 3.60. The third kappa shape index (κ3) is 4.49. The predicted molar refractivity (Wildman–Crippen MR) is 82.8 cm³/mol. The zero-order valence-corrected chi connectivity index (χ0v) is 12.9. The zero-order valence-electron chi connectivity index (χ0n) is 12.9. The Morgan fingerprint density at radius 1 is 1.24 bits per heavy atom. The first kappa shape index (κ1) is 15.4. The Balaban J connectivity index is 1.82. The van der Waals surface area contributed by atoms with Gasteiger partial charge >= 0.3 is 0 Å². The van der Waals surface area contributed by atoms with Crippen LogP contribution in [0.5, 0.6) is 11.5 Å². The molecule has 1 N–H and O–H groups in total. The van der Waals surface area contributed by atoms with Crippen LogP contribution in [-0.4, -0.2) is 30.0 Å². The maximum atomic E-state index is 5.51. The molecule has 5 nitrogen and oxygen atoms in total. The van der Waals surface area contributed by atoms with Gasteiger partial charge in [-0.05, 0) is 43.1 Å². The molecule has 0 saturated heterocycles. The lowest BCUT2D eigenvalue weighted by Gasteiger charge is -2.11. The molecule has 0 bridgehead atoms. The molecule has 0 fully saturated rings. The molecule has 2 aromatic rings. The molecule has 0 atom stereocenters. The van der Waals surface area contributed by atoms with E-state index in [0.717, 1.165) is 31.0 Å². The molecular weight excluding hydrogens is 266 g/mol. The first-order chi connectivity index (χ1) is 10.2. The van der Waals surface area contributed by atoms with Gasteiger partial charge in [0.05, 0.1) is 19.9 Å². The van der Waals surface area contributed by atoms with E-state index in [2.05, 4.69) is 16.5 Å². The number of hydrogen-bond donors (Lipinski definition) is 1. The van der Waals surface area contributed by atoms with Crippen LogP contribution in [0.2, 0.25) is 0 Å². The monoisotopic (exact) mass is 289 g/mol. The number of aromatic nitrogens is 2. The van der Waals surface area contributed by atoms with E-state index in [4.69, 9.17) is 9.47 Å². The second kappa shape index (κ2) is 7.69. The van der Waals surface area contributed by atoms with Gasteiger partial charge in [0.15, 0.2) is 11.5 Å². The standard InChI is InChI=1S/C16H23N3O2/c1-4-21-15-6-5-13(9-16(15)20-3)10-17-8-7-14-11-18-19(2)12-14/h5-6,9,11-12,17H,4,7-8,10H2,1-3H3.